The van der Waals surface area contributed by atoms with Gasteiger partial charge in [-0.25, -0.2) is 0 Å². The molecule has 1 saturated heterocycles. The highest BCUT2D eigenvalue weighted by molar-refractivity contribution is 9.12. The fraction of sp³-hybridized carbons (Fsp3) is 0.444. The van der Waals surface area contributed by atoms with Gasteiger partial charge in [0.15, 0.2) is 0 Å². The predicted octanol–water partition coefficient (Wildman–Crippen LogP) is 2.48. The highest BCUT2D eigenvalue weighted by Gasteiger charge is 2.40. The lowest BCUT2D eigenvalue weighted by atomic mass is 9.96. The van der Waals surface area contributed by atoms with E-state index in [1.165, 1.54) is 11.3 Å². The van der Waals surface area contributed by atoms with Gasteiger partial charge in [0, 0.05) is 0 Å². The van der Waals surface area contributed by atoms with Gasteiger partial charge in [0.1, 0.15) is 0 Å². The van der Waals surface area contributed by atoms with E-state index < -0.39 is 5.60 Å². The third kappa shape index (κ3) is 2.27. The summed E-state index contributed by atoms with van der Waals surface area (Å²) >= 11 is 8.15. The summed E-state index contributed by atoms with van der Waals surface area (Å²) in [6.07, 6.45) is 0. The molecule has 0 radical (unpaired) electrons. The second-order valence-corrected chi connectivity index (χ2v) is 7.65. The van der Waals surface area contributed by atoms with Gasteiger partial charge in [-0.15, -0.1) is 11.3 Å². The maximum absolute atomic E-state index is 11.9. The highest BCUT2D eigenvalue weighted by Crippen LogP contribution is 2.34. The van der Waals surface area contributed by atoms with Crippen LogP contribution in [0, 0.1) is 0 Å². The van der Waals surface area contributed by atoms with Gasteiger partial charge < -0.3 is 10.0 Å². The Labute approximate surface area is 108 Å². The van der Waals surface area contributed by atoms with E-state index in [-0.39, 0.29) is 5.91 Å². The molecule has 1 aromatic rings. The molecule has 0 bridgehead atoms. The van der Waals surface area contributed by atoms with Crippen LogP contribution in [0.1, 0.15) is 17.3 Å². The maximum atomic E-state index is 11.9. The summed E-state index contributed by atoms with van der Waals surface area (Å²) in [4.78, 5) is 13.6. The van der Waals surface area contributed by atoms with Gasteiger partial charge in [-0.05, 0) is 44.8 Å². The Hall–Kier alpha value is 0.0900. The van der Waals surface area contributed by atoms with E-state index in [9.17, 15) is 9.90 Å². The fourth-order valence-corrected chi connectivity index (χ4v) is 4.35. The van der Waals surface area contributed by atoms with Gasteiger partial charge in [-0.1, -0.05) is 0 Å². The number of thiophene rings is 1. The zero-order valence-corrected chi connectivity index (χ0v) is 11.9. The van der Waals surface area contributed by atoms with Crippen LogP contribution in [-0.2, 0) is 0 Å². The first-order valence-electron chi connectivity index (χ1n) is 4.35. The van der Waals surface area contributed by atoms with Gasteiger partial charge in [0.05, 0.1) is 31.8 Å². The molecule has 15 heavy (non-hydrogen) atoms. The number of nitrogens with zero attached hydrogens (tertiary/aromatic N) is 1. The quantitative estimate of drug-likeness (QED) is 0.841. The SMILES string of the molecule is CC1(O)CN(C(=O)c2cc(Br)sc2Br)C1. The zero-order chi connectivity index (χ0) is 11.2. The van der Waals surface area contributed by atoms with Crippen molar-refractivity contribution in [2.75, 3.05) is 13.1 Å². The standard InChI is InChI=1S/C9H9Br2NO2S/c1-9(14)3-12(4-9)8(13)5-2-6(10)15-7(5)11/h2,14H,3-4H2,1H3. The van der Waals surface area contributed by atoms with Crippen LogP contribution in [0.4, 0.5) is 0 Å². The number of hydrogen-bond acceptors (Lipinski definition) is 3. The first-order chi connectivity index (χ1) is 6.89. The Morgan fingerprint density at radius 2 is 2.20 bits per heavy atom. The summed E-state index contributed by atoms with van der Waals surface area (Å²) in [6.45, 7) is 2.55. The third-order valence-corrected chi connectivity index (χ3v) is 4.58. The van der Waals surface area contributed by atoms with Crippen molar-refractivity contribution in [2.24, 2.45) is 0 Å². The van der Waals surface area contributed by atoms with Crippen molar-refractivity contribution < 1.29 is 9.90 Å². The molecule has 1 aliphatic rings. The number of halogens is 2. The predicted molar refractivity (Wildman–Crippen MR) is 66.2 cm³/mol. The molecule has 6 heteroatoms. The van der Waals surface area contributed by atoms with Crippen molar-refractivity contribution >= 4 is 49.1 Å². The largest absolute Gasteiger partial charge is 0.386 e. The summed E-state index contributed by atoms with van der Waals surface area (Å²) in [5.74, 6) is -0.0321. The van der Waals surface area contributed by atoms with E-state index in [1.807, 2.05) is 0 Å². The van der Waals surface area contributed by atoms with Crippen LogP contribution < -0.4 is 0 Å². The van der Waals surface area contributed by atoms with E-state index in [0.29, 0.717) is 18.7 Å². The van der Waals surface area contributed by atoms with Crippen molar-refractivity contribution in [3.05, 3.63) is 19.2 Å². The lowest BCUT2D eigenvalue weighted by molar-refractivity contribution is -0.0668. The van der Waals surface area contributed by atoms with Crippen LogP contribution in [0.5, 0.6) is 0 Å². The maximum Gasteiger partial charge on any atom is 0.256 e. The number of β-amino-alcohol motifs (C(OH)–C–C–N with tert-alkyl or cyclic N) is 1. The van der Waals surface area contributed by atoms with E-state index >= 15 is 0 Å². The molecule has 1 fully saturated rings. The number of amides is 1. The molecule has 3 nitrogen and oxygen atoms in total. The van der Waals surface area contributed by atoms with Crippen LogP contribution in [0.2, 0.25) is 0 Å². The molecule has 1 N–H and O–H groups in total. The number of carbonyl (C=O) groups excluding carboxylic acids is 1. The van der Waals surface area contributed by atoms with Crippen LogP contribution >= 0.6 is 43.2 Å². The molecule has 2 rings (SSSR count). The Morgan fingerprint density at radius 3 is 2.60 bits per heavy atom. The van der Waals surface area contributed by atoms with E-state index in [4.69, 9.17) is 0 Å². The summed E-state index contributed by atoms with van der Waals surface area (Å²) in [7, 11) is 0. The summed E-state index contributed by atoms with van der Waals surface area (Å²) < 4.78 is 1.75. The molecule has 0 spiro atoms. The molecule has 2 heterocycles. The van der Waals surface area contributed by atoms with E-state index in [2.05, 4.69) is 31.9 Å². The molecule has 1 aromatic heterocycles. The molecule has 1 aliphatic heterocycles. The average Bonchev–Trinajstić information content (AvgIpc) is 2.40. The smallest absolute Gasteiger partial charge is 0.256 e. The molecular weight excluding hydrogens is 346 g/mol. The number of carbonyl (C=O) groups is 1. The summed E-state index contributed by atoms with van der Waals surface area (Å²) in [6, 6.07) is 1.80. The Balaban J connectivity index is 2.13. The lowest BCUT2D eigenvalue weighted by Gasteiger charge is -2.44. The molecule has 0 saturated carbocycles. The number of rotatable bonds is 1. The first kappa shape index (κ1) is 11.6. The normalized spacial score (nSPS) is 18.8. The number of likely N-dealkylation sites (tertiary alicyclic amines) is 1. The lowest BCUT2D eigenvalue weighted by Crippen LogP contribution is -2.61. The second kappa shape index (κ2) is 3.84. The number of aliphatic hydroxyl groups is 1. The second-order valence-electron chi connectivity index (χ2n) is 3.90. The van der Waals surface area contributed by atoms with Crippen molar-refractivity contribution in [2.45, 2.75) is 12.5 Å². The zero-order valence-electron chi connectivity index (χ0n) is 7.96. The van der Waals surface area contributed by atoms with Crippen LogP contribution in [0.15, 0.2) is 13.6 Å². The van der Waals surface area contributed by atoms with Gasteiger partial charge in [-0.2, -0.15) is 0 Å². The van der Waals surface area contributed by atoms with E-state index in [1.54, 1.807) is 17.9 Å². The van der Waals surface area contributed by atoms with Crippen molar-refractivity contribution in [1.82, 2.24) is 4.90 Å². The van der Waals surface area contributed by atoms with Crippen molar-refractivity contribution in [3.8, 4) is 0 Å². The topological polar surface area (TPSA) is 40.5 Å². The third-order valence-electron chi connectivity index (χ3n) is 2.24. The average molecular weight is 355 g/mol. The molecule has 0 unspecified atom stereocenters. The summed E-state index contributed by atoms with van der Waals surface area (Å²) in [5, 5.41) is 9.54. The minimum Gasteiger partial charge on any atom is -0.386 e. The van der Waals surface area contributed by atoms with Crippen LogP contribution in [0.25, 0.3) is 0 Å². The molecule has 0 aliphatic carbocycles. The van der Waals surface area contributed by atoms with Crippen molar-refractivity contribution in [3.63, 3.8) is 0 Å². The molecule has 1 amide bonds. The monoisotopic (exact) mass is 353 g/mol. The first-order valence-corrected chi connectivity index (χ1v) is 6.76. The van der Waals surface area contributed by atoms with Crippen LogP contribution in [-0.4, -0.2) is 34.6 Å². The van der Waals surface area contributed by atoms with Gasteiger partial charge in [0.2, 0.25) is 0 Å². The van der Waals surface area contributed by atoms with Gasteiger partial charge in [0.25, 0.3) is 5.91 Å². The van der Waals surface area contributed by atoms with Crippen molar-refractivity contribution in [1.29, 1.82) is 0 Å². The molecule has 82 valence electrons. The molecular formula is C9H9Br2NO2S. The minimum atomic E-state index is -0.713. The minimum absolute atomic E-state index is 0.0321. The van der Waals surface area contributed by atoms with E-state index in [0.717, 1.165) is 7.57 Å². The Kier molecular flexibility index (Phi) is 2.96. The molecule has 0 atom stereocenters. The summed E-state index contributed by atoms with van der Waals surface area (Å²) in [5.41, 5.74) is -0.0579. The van der Waals surface area contributed by atoms with Crippen LogP contribution in [0.3, 0.4) is 0 Å². The fourth-order valence-electron chi connectivity index (χ4n) is 1.58. The highest BCUT2D eigenvalue weighted by atomic mass is 79.9. The Morgan fingerprint density at radius 1 is 1.60 bits per heavy atom. The molecule has 0 aromatic carbocycles. The van der Waals surface area contributed by atoms with Gasteiger partial charge >= 0.3 is 0 Å². The van der Waals surface area contributed by atoms with Gasteiger partial charge in [-0.3, -0.25) is 4.79 Å². The number of hydrogen-bond donors (Lipinski definition) is 1. The Bertz CT molecular complexity index is 408.